The fourth-order valence-corrected chi connectivity index (χ4v) is 1.25. The van der Waals surface area contributed by atoms with Crippen LogP contribution in [0.1, 0.15) is 11.5 Å². The highest BCUT2D eigenvalue weighted by Gasteiger charge is 2.20. The van der Waals surface area contributed by atoms with Gasteiger partial charge in [-0.1, -0.05) is 10.3 Å². The van der Waals surface area contributed by atoms with E-state index in [1.54, 1.807) is 24.3 Å². The van der Waals surface area contributed by atoms with Crippen LogP contribution in [-0.4, -0.2) is 27.3 Å². The minimum atomic E-state index is -0.0116. The van der Waals surface area contributed by atoms with E-state index in [1.165, 1.54) is 12.5 Å². The second kappa shape index (κ2) is 5.52. The number of hydrogen-bond donors (Lipinski definition) is 2. The Balaban J connectivity index is 0.00000144. The molecule has 0 radical (unpaired) electrons. The second-order valence-corrected chi connectivity index (χ2v) is 2.85. The molecule has 0 spiro atoms. The summed E-state index contributed by atoms with van der Waals surface area (Å²) in [7, 11) is 0. The van der Waals surface area contributed by atoms with Crippen molar-refractivity contribution in [2.75, 3.05) is 0 Å². The van der Waals surface area contributed by atoms with Gasteiger partial charge in [-0.2, -0.15) is 0 Å². The lowest BCUT2D eigenvalue weighted by Crippen LogP contribution is -2.16. The van der Waals surface area contributed by atoms with Gasteiger partial charge in [-0.3, -0.25) is 0 Å². The lowest BCUT2D eigenvalue weighted by Gasteiger charge is -2.00. The molecule has 2 heterocycles. The summed E-state index contributed by atoms with van der Waals surface area (Å²) in [5.41, 5.74) is -0.0232. The van der Waals surface area contributed by atoms with E-state index in [-0.39, 0.29) is 28.4 Å². The Bertz CT molecular complexity index is 451. The SMILES string of the molecule is O.O/N=C(\C(=N/O)c1ccco1)c1ccco1. The van der Waals surface area contributed by atoms with Crippen molar-refractivity contribution < 1.29 is 24.7 Å². The molecule has 4 N–H and O–H groups in total. The lowest BCUT2D eigenvalue weighted by atomic mass is 10.1. The zero-order valence-corrected chi connectivity index (χ0v) is 8.57. The van der Waals surface area contributed by atoms with Crippen LogP contribution in [-0.2, 0) is 0 Å². The quantitative estimate of drug-likeness (QED) is 0.472. The first kappa shape index (κ1) is 12.5. The van der Waals surface area contributed by atoms with Crippen molar-refractivity contribution in [1.82, 2.24) is 0 Å². The molecule has 17 heavy (non-hydrogen) atoms. The molecule has 0 amide bonds. The van der Waals surface area contributed by atoms with E-state index < -0.39 is 0 Å². The first-order valence-electron chi connectivity index (χ1n) is 4.39. The van der Waals surface area contributed by atoms with Crippen LogP contribution < -0.4 is 0 Å². The van der Waals surface area contributed by atoms with Crippen LogP contribution in [0.15, 0.2) is 55.9 Å². The van der Waals surface area contributed by atoms with Crippen molar-refractivity contribution in [3.8, 4) is 0 Å². The van der Waals surface area contributed by atoms with Crippen LogP contribution in [0.4, 0.5) is 0 Å². The maximum atomic E-state index is 8.89. The van der Waals surface area contributed by atoms with Crippen molar-refractivity contribution >= 4 is 11.4 Å². The smallest absolute Gasteiger partial charge is 0.177 e. The molecule has 0 unspecified atom stereocenters. The second-order valence-electron chi connectivity index (χ2n) is 2.85. The maximum absolute atomic E-state index is 8.89. The third kappa shape index (κ3) is 2.34. The number of hydrogen-bond acceptors (Lipinski definition) is 6. The Hall–Kier alpha value is -2.54. The van der Waals surface area contributed by atoms with Gasteiger partial charge in [0.2, 0.25) is 0 Å². The third-order valence-corrected chi connectivity index (χ3v) is 1.93. The van der Waals surface area contributed by atoms with Crippen LogP contribution >= 0.6 is 0 Å². The van der Waals surface area contributed by atoms with Gasteiger partial charge in [0.25, 0.3) is 0 Å². The van der Waals surface area contributed by atoms with E-state index in [9.17, 15) is 0 Å². The van der Waals surface area contributed by atoms with Crippen LogP contribution in [0, 0.1) is 0 Å². The summed E-state index contributed by atoms with van der Waals surface area (Å²) in [6, 6.07) is 6.39. The molecule has 0 aliphatic heterocycles. The summed E-state index contributed by atoms with van der Waals surface area (Å²) < 4.78 is 10.1. The van der Waals surface area contributed by atoms with Crippen LogP contribution in [0.2, 0.25) is 0 Å². The number of furan rings is 2. The average molecular weight is 238 g/mol. The Morgan fingerprint density at radius 1 is 0.882 bits per heavy atom. The first-order valence-corrected chi connectivity index (χ1v) is 4.39. The molecule has 0 saturated carbocycles. The molecule has 7 nitrogen and oxygen atoms in total. The minimum Gasteiger partial charge on any atom is -0.463 e. The van der Waals surface area contributed by atoms with Gasteiger partial charge in [-0.05, 0) is 24.3 Å². The van der Waals surface area contributed by atoms with Gasteiger partial charge < -0.3 is 24.7 Å². The summed E-state index contributed by atoms with van der Waals surface area (Å²) in [4.78, 5) is 0. The molecule has 0 aliphatic carbocycles. The predicted molar refractivity (Wildman–Crippen MR) is 57.7 cm³/mol. The highest BCUT2D eigenvalue weighted by molar-refractivity contribution is 6.52. The monoisotopic (exact) mass is 238 g/mol. The van der Waals surface area contributed by atoms with Gasteiger partial charge in [-0.25, -0.2) is 0 Å². The van der Waals surface area contributed by atoms with E-state index in [0.717, 1.165) is 0 Å². The maximum Gasteiger partial charge on any atom is 0.177 e. The zero-order valence-electron chi connectivity index (χ0n) is 8.57. The van der Waals surface area contributed by atoms with Gasteiger partial charge >= 0.3 is 0 Å². The predicted octanol–water partition coefficient (Wildman–Crippen LogP) is 1.10. The summed E-state index contributed by atoms with van der Waals surface area (Å²) >= 11 is 0. The van der Waals surface area contributed by atoms with Crippen molar-refractivity contribution in [2.45, 2.75) is 0 Å². The molecule has 0 bridgehead atoms. The summed E-state index contributed by atoms with van der Waals surface area (Å²) in [5.74, 6) is 0.540. The highest BCUT2D eigenvalue weighted by atomic mass is 16.4. The fraction of sp³-hybridized carbons (Fsp3) is 0. The van der Waals surface area contributed by atoms with Gasteiger partial charge in [0, 0.05) is 0 Å². The van der Waals surface area contributed by atoms with E-state index in [4.69, 9.17) is 19.2 Å². The first-order chi connectivity index (χ1) is 7.86. The zero-order chi connectivity index (χ0) is 11.4. The molecule has 0 fully saturated rings. The van der Waals surface area contributed by atoms with E-state index in [0.29, 0.717) is 0 Å². The summed E-state index contributed by atoms with van der Waals surface area (Å²) in [5, 5.41) is 23.8. The summed E-state index contributed by atoms with van der Waals surface area (Å²) in [6.45, 7) is 0. The molecule has 2 rings (SSSR count). The van der Waals surface area contributed by atoms with Crippen LogP contribution in [0.5, 0.6) is 0 Å². The molecular formula is C10H10N2O5. The van der Waals surface area contributed by atoms with Crippen molar-refractivity contribution in [3.05, 3.63) is 48.3 Å². The Kier molecular flexibility index (Phi) is 4.07. The molecule has 0 aromatic carbocycles. The van der Waals surface area contributed by atoms with Gasteiger partial charge in [0.05, 0.1) is 12.5 Å². The largest absolute Gasteiger partial charge is 0.463 e. The van der Waals surface area contributed by atoms with Gasteiger partial charge in [0.15, 0.2) is 22.9 Å². The van der Waals surface area contributed by atoms with Crippen LogP contribution in [0.25, 0.3) is 0 Å². The van der Waals surface area contributed by atoms with Crippen molar-refractivity contribution in [3.63, 3.8) is 0 Å². The fourth-order valence-electron chi connectivity index (χ4n) is 1.25. The number of rotatable bonds is 3. The molecule has 2 aromatic heterocycles. The minimum absolute atomic E-state index is 0. The standard InChI is InChI=1S/C10H8N2O4.H2O/c13-11-9(7-3-1-5-15-7)10(12-14)8-4-2-6-16-8;/h1-6,13-14H;1H2/b11-9-,12-10-;. The van der Waals surface area contributed by atoms with Crippen molar-refractivity contribution in [2.24, 2.45) is 10.3 Å². The third-order valence-electron chi connectivity index (χ3n) is 1.93. The van der Waals surface area contributed by atoms with Crippen molar-refractivity contribution in [1.29, 1.82) is 0 Å². The Morgan fingerprint density at radius 2 is 1.29 bits per heavy atom. The molecule has 0 aliphatic rings. The lowest BCUT2D eigenvalue weighted by molar-refractivity contribution is 0.312. The average Bonchev–Trinajstić information content (AvgIpc) is 2.97. The number of nitrogens with zero attached hydrogens (tertiary/aromatic N) is 2. The topological polar surface area (TPSA) is 123 Å². The summed E-state index contributed by atoms with van der Waals surface area (Å²) in [6.07, 6.45) is 2.83. The molecule has 7 heteroatoms. The Labute approximate surface area is 95.6 Å². The normalized spacial score (nSPS) is 12.2. The van der Waals surface area contributed by atoms with Gasteiger partial charge in [-0.15, -0.1) is 0 Å². The van der Waals surface area contributed by atoms with E-state index in [1.807, 2.05) is 0 Å². The molecular weight excluding hydrogens is 228 g/mol. The van der Waals surface area contributed by atoms with Crippen LogP contribution in [0.3, 0.4) is 0 Å². The molecule has 2 aromatic rings. The molecule has 0 saturated heterocycles. The molecule has 0 atom stereocenters. The highest BCUT2D eigenvalue weighted by Crippen LogP contribution is 2.10. The van der Waals surface area contributed by atoms with E-state index in [2.05, 4.69) is 10.3 Å². The number of oxime groups is 2. The Morgan fingerprint density at radius 3 is 1.53 bits per heavy atom. The van der Waals surface area contributed by atoms with Gasteiger partial charge in [0.1, 0.15) is 0 Å². The van der Waals surface area contributed by atoms with E-state index >= 15 is 0 Å². The molecule has 90 valence electrons.